The van der Waals surface area contributed by atoms with E-state index in [-0.39, 0.29) is 11.5 Å². The summed E-state index contributed by atoms with van der Waals surface area (Å²) in [6.45, 7) is 2.26. The number of carbonyl (C=O) groups excluding carboxylic acids is 1. The number of nitrogens with one attached hydrogen (secondary N) is 1. The highest BCUT2D eigenvalue weighted by Gasteiger charge is 2.19. The van der Waals surface area contributed by atoms with E-state index in [0.29, 0.717) is 6.54 Å². The molecule has 22 heavy (non-hydrogen) atoms. The van der Waals surface area contributed by atoms with Crippen LogP contribution in [0.25, 0.3) is 0 Å². The van der Waals surface area contributed by atoms with Crippen molar-refractivity contribution in [3.05, 3.63) is 57.3 Å². The lowest BCUT2D eigenvalue weighted by Gasteiger charge is -2.12. The van der Waals surface area contributed by atoms with Crippen LogP contribution in [0.15, 0.2) is 29.6 Å². The molecule has 0 spiro atoms. The van der Waals surface area contributed by atoms with Gasteiger partial charge in [-0.25, -0.2) is 8.78 Å². The van der Waals surface area contributed by atoms with E-state index in [1.54, 1.807) is 17.4 Å². The molecule has 6 heteroatoms. The van der Waals surface area contributed by atoms with Gasteiger partial charge in [-0.3, -0.25) is 4.79 Å². The van der Waals surface area contributed by atoms with Crippen molar-refractivity contribution in [3.63, 3.8) is 0 Å². The Morgan fingerprint density at radius 1 is 1.41 bits per heavy atom. The molecule has 0 bridgehead atoms. The van der Waals surface area contributed by atoms with Gasteiger partial charge < -0.3 is 5.32 Å². The van der Waals surface area contributed by atoms with Crippen molar-refractivity contribution in [2.75, 3.05) is 6.54 Å². The summed E-state index contributed by atoms with van der Waals surface area (Å²) in [5.74, 6) is -2.72. The fourth-order valence-electron chi connectivity index (χ4n) is 2.05. The summed E-state index contributed by atoms with van der Waals surface area (Å²) in [6.07, 6.45) is 0.788. The standard InChI is InChI=1S/C16H14F2N2OS/c1-10(5-12-3-2-4-22-12)9-20-16(21)15-13(17)6-11(8-19)7-14(15)18/h2-4,6-7,10H,5,9H2,1H3,(H,20,21)/t10-/m1/s1. The van der Waals surface area contributed by atoms with E-state index in [1.165, 1.54) is 4.88 Å². The Morgan fingerprint density at radius 2 is 2.09 bits per heavy atom. The molecule has 0 unspecified atom stereocenters. The first kappa shape index (κ1) is 16.1. The van der Waals surface area contributed by atoms with Crippen LogP contribution < -0.4 is 5.32 Å². The van der Waals surface area contributed by atoms with Crippen LogP contribution in [0.1, 0.15) is 27.7 Å². The molecule has 1 N–H and O–H groups in total. The predicted molar refractivity (Wildman–Crippen MR) is 80.6 cm³/mol. The monoisotopic (exact) mass is 320 g/mol. The fraction of sp³-hybridized carbons (Fsp3) is 0.250. The van der Waals surface area contributed by atoms with Gasteiger partial charge in [0.05, 0.1) is 11.6 Å². The minimum atomic E-state index is -1.03. The highest BCUT2D eigenvalue weighted by molar-refractivity contribution is 7.09. The van der Waals surface area contributed by atoms with E-state index >= 15 is 0 Å². The molecule has 0 radical (unpaired) electrons. The molecule has 0 aliphatic carbocycles. The number of halogens is 2. The first-order valence-electron chi connectivity index (χ1n) is 6.71. The molecular weight excluding hydrogens is 306 g/mol. The molecule has 0 aliphatic rings. The lowest BCUT2D eigenvalue weighted by Crippen LogP contribution is -2.30. The third-order valence-electron chi connectivity index (χ3n) is 3.14. The Morgan fingerprint density at radius 3 is 2.64 bits per heavy atom. The van der Waals surface area contributed by atoms with Crippen LogP contribution in [0.4, 0.5) is 8.78 Å². The number of rotatable bonds is 5. The number of nitrogens with zero attached hydrogens (tertiary/aromatic N) is 1. The van der Waals surface area contributed by atoms with Gasteiger partial charge in [-0.1, -0.05) is 13.0 Å². The quantitative estimate of drug-likeness (QED) is 0.916. The largest absolute Gasteiger partial charge is 0.352 e. The van der Waals surface area contributed by atoms with E-state index in [0.717, 1.165) is 18.6 Å². The maximum absolute atomic E-state index is 13.7. The third kappa shape index (κ3) is 3.89. The topological polar surface area (TPSA) is 52.9 Å². The molecule has 1 aromatic carbocycles. The Kier molecular flexibility index (Phi) is 5.23. The van der Waals surface area contributed by atoms with Gasteiger partial charge in [-0.05, 0) is 35.9 Å². The molecule has 0 saturated heterocycles. The zero-order valence-corrected chi connectivity index (χ0v) is 12.7. The second-order valence-electron chi connectivity index (χ2n) is 5.03. The molecule has 1 atom stereocenters. The van der Waals surface area contributed by atoms with E-state index in [1.807, 2.05) is 24.4 Å². The molecule has 2 rings (SSSR count). The number of nitriles is 1. The van der Waals surface area contributed by atoms with Crippen molar-refractivity contribution in [2.45, 2.75) is 13.3 Å². The summed E-state index contributed by atoms with van der Waals surface area (Å²) >= 11 is 1.63. The van der Waals surface area contributed by atoms with E-state index in [9.17, 15) is 13.6 Å². The second-order valence-corrected chi connectivity index (χ2v) is 6.06. The fourth-order valence-corrected chi connectivity index (χ4v) is 2.92. The summed E-state index contributed by atoms with van der Waals surface area (Å²) < 4.78 is 27.5. The lowest BCUT2D eigenvalue weighted by molar-refractivity contribution is 0.0939. The molecule has 0 saturated carbocycles. The molecule has 0 fully saturated rings. The number of hydrogen-bond donors (Lipinski definition) is 1. The number of thiophene rings is 1. The van der Waals surface area contributed by atoms with E-state index in [2.05, 4.69) is 5.32 Å². The molecule has 3 nitrogen and oxygen atoms in total. The molecule has 114 valence electrons. The van der Waals surface area contributed by atoms with Crippen LogP contribution in [-0.2, 0) is 6.42 Å². The Labute approximate surface area is 131 Å². The Bertz CT molecular complexity index is 684. The highest BCUT2D eigenvalue weighted by Crippen LogP contribution is 2.16. The maximum Gasteiger partial charge on any atom is 0.257 e. The van der Waals surface area contributed by atoms with Crippen molar-refractivity contribution < 1.29 is 13.6 Å². The van der Waals surface area contributed by atoms with Gasteiger partial charge in [-0.2, -0.15) is 5.26 Å². The molecule has 0 aliphatic heterocycles. The van der Waals surface area contributed by atoms with Gasteiger partial charge >= 0.3 is 0 Å². The third-order valence-corrected chi connectivity index (χ3v) is 4.04. The Balaban J connectivity index is 1.99. The molecular formula is C16H14F2N2OS. The normalized spacial score (nSPS) is 11.7. The van der Waals surface area contributed by atoms with Crippen LogP contribution in [0.2, 0.25) is 0 Å². The summed E-state index contributed by atoms with van der Waals surface area (Å²) in [7, 11) is 0. The highest BCUT2D eigenvalue weighted by atomic mass is 32.1. The first-order valence-corrected chi connectivity index (χ1v) is 7.59. The van der Waals surface area contributed by atoms with Crippen LogP contribution in [0.3, 0.4) is 0 Å². The molecule has 2 aromatic rings. The lowest BCUT2D eigenvalue weighted by atomic mass is 10.1. The van der Waals surface area contributed by atoms with Gasteiger partial charge in [-0.15, -0.1) is 11.3 Å². The van der Waals surface area contributed by atoms with Gasteiger partial charge in [0.25, 0.3) is 5.91 Å². The van der Waals surface area contributed by atoms with Crippen LogP contribution >= 0.6 is 11.3 Å². The molecule has 1 amide bonds. The van der Waals surface area contributed by atoms with Crippen LogP contribution in [0, 0.1) is 28.9 Å². The van der Waals surface area contributed by atoms with E-state index < -0.39 is 23.1 Å². The number of carbonyl (C=O) groups is 1. The molecule has 1 heterocycles. The first-order chi connectivity index (χ1) is 10.5. The zero-order valence-electron chi connectivity index (χ0n) is 11.9. The minimum absolute atomic E-state index is 0.145. The van der Waals surface area contributed by atoms with Crippen molar-refractivity contribution in [1.29, 1.82) is 5.26 Å². The Hall–Kier alpha value is -2.26. The SMILES string of the molecule is C[C@@H](CNC(=O)c1c(F)cc(C#N)cc1F)Cc1cccs1. The maximum atomic E-state index is 13.7. The van der Waals surface area contributed by atoms with Crippen molar-refractivity contribution in [3.8, 4) is 6.07 Å². The van der Waals surface area contributed by atoms with Crippen LogP contribution in [-0.4, -0.2) is 12.5 Å². The summed E-state index contributed by atoms with van der Waals surface area (Å²) in [5.41, 5.74) is -0.806. The van der Waals surface area contributed by atoms with Crippen molar-refractivity contribution in [2.24, 2.45) is 5.92 Å². The average molecular weight is 320 g/mol. The smallest absolute Gasteiger partial charge is 0.257 e. The number of amides is 1. The van der Waals surface area contributed by atoms with Crippen molar-refractivity contribution in [1.82, 2.24) is 5.32 Å². The summed E-state index contributed by atoms with van der Waals surface area (Å²) in [5, 5.41) is 13.1. The van der Waals surface area contributed by atoms with Gasteiger partial charge in [0.1, 0.15) is 17.2 Å². The van der Waals surface area contributed by atoms with Gasteiger partial charge in [0.15, 0.2) is 0 Å². The van der Waals surface area contributed by atoms with Gasteiger partial charge in [0.2, 0.25) is 0 Å². The molecule has 1 aromatic heterocycles. The zero-order chi connectivity index (χ0) is 16.1. The number of benzene rings is 1. The average Bonchev–Trinajstić information content (AvgIpc) is 2.97. The predicted octanol–water partition coefficient (Wildman–Crippen LogP) is 3.51. The van der Waals surface area contributed by atoms with E-state index in [4.69, 9.17) is 5.26 Å². The van der Waals surface area contributed by atoms with Crippen molar-refractivity contribution >= 4 is 17.2 Å². The van der Waals surface area contributed by atoms with Crippen LogP contribution in [0.5, 0.6) is 0 Å². The van der Waals surface area contributed by atoms with Gasteiger partial charge in [0, 0.05) is 11.4 Å². The number of hydrogen-bond acceptors (Lipinski definition) is 3. The second kappa shape index (κ2) is 7.14. The minimum Gasteiger partial charge on any atom is -0.352 e. The summed E-state index contributed by atoms with van der Waals surface area (Å²) in [4.78, 5) is 13.1. The summed E-state index contributed by atoms with van der Waals surface area (Å²) in [6, 6.07) is 7.30.